The van der Waals surface area contributed by atoms with E-state index in [1.54, 1.807) is 18.5 Å². The van der Waals surface area contributed by atoms with Crippen molar-refractivity contribution < 1.29 is 0 Å². The molecule has 0 saturated carbocycles. The van der Waals surface area contributed by atoms with Gasteiger partial charge in [0.05, 0.1) is 20.4 Å². The number of aromatic nitrogens is 3. The lowest BCUT2D eigenvalue weighted by molar-refractivity contribution is 1.11. The molecule has 0 fully saturated rings. The molecular formula is C16H10BrClN4. The minimum Gasteiger partial charge on any atom is -0.325 e. The topological polar surface area (TPSA) is 42.2 Å². The van der Waals surface area contributed by atoms with Crippen molar-refractivity contribution in [2.24, 2.45) is 0 Å². The second-order valence-corrected chi connectivity index (χ2v) is 5.99. The predicted molar refractivity (Wildman–Crippen MR) is 92.9 cm³/mol. The van der Waals surface area contributed by atoms with Crippen molar-refractivity contribution in [2.45, 2.75) is 0 Å². The lowest BCUT2D eigenvalue weighted by Gasteiger charge is -2.08. The average molecular weight is 374 g/mol. The quantitative estimate of drug-likeness (QED) is 0.535. The fourth-order valence-electron chi connectivity index (χ4n) is 2.48. The summed E-state index contributed by atoms with van der Waals surface area (Å²) < 4.78 is 2.87. The van der Waals surface area contributed by atoms with Crippen LogP contribution in [0, 0.1) is 0 Å². The van der Waals surface area contributed by atoms with E-state index < -0.39 is 0 Å². The highest BCUT2D eigenvalue weighted by Crippen LogP contribution is 2.36. The Kier molecular flexibility index (Phi) is 3.24. The van der Waals surface area contributed by atoms with Gasteiger partial charge in [0.15, 0.2) is 0 Å². The summed E-state index contributed by atoms with van der Waals surface area (Å²) in [6.45, 7) is 0. The van der Waals surface area contributed by atoms with Crippen molar-refractivity contribution in [3.05, 3.63) is 64.4 Å². The number of nitrogens with zero attached hydrogens (tertiary/aromatic N) is 3. The fraction of sp³-hybridized carbons (Fsp3) is 0. The van der Waals surface area contributed by atoms with Gasteiger partial charge in [0, 0.05) is 18.1 Å². The highest BCUT2D eigenvalue weighted by molar-refractivity contribution is 9.10. The smallest absolute Gasteiger partial charge is 0.213 e. The lowest BCUT2D eigenvalue weighted by Crippen LogP contribution is -2.01. The molecule has 6 heteroatoms. The third-order valence-electron chi connectivity index (χ3n) is 3.45. The monoisotopic (exact) mass is 372 g/mol. The van der Waals surface area contributed by atoms with Crippen LogP contribution in [0.3, 0.4) is 0 Å². The summed E-state index contributed by atoms with van der Waals surface area (Å²) in [5.41, 5.74) is 2.69. The van der Waals surface area contributed by atoms with E-state index in [9.17, 15) is 0 Å². The van der Waals surface area contributed by atoms with E-state index in [0.717, 1.165) is 26.7 Å². The molecule has 0 bridgehead atoms. The molecule has 4 nitrogen and oxygen atoms in total. The maximum absolute atomic E-state index is 6.32. The Morgan fingerprint density at radius 2 is 1.77 bits per heavy atom. The summed E-state index contributed by atoms with van der Waals surface area (Å²) in [7, 11) is 0. The average Bonchev–Trinajstić information content (AvgIpc) is 2.84. The van der Waals surface area contributed by atoms with Crippen LogP contribution in [0.25, 0.3) is 16.6 Å². The summed E-state index contributed by atoms with van der Waals surface area (Å²) in [6.07, 6.45) is 3.46. The molecule has 0 unspecified atom stereocenters. The van der Waals surface area contributed by atoms with Gasteiger partial charge in [0.1, 0.15) is 5.65 Å². The third kappa shape index (κ3) is 2.05. The first-order valence-corrected chi connectivity index (χ1v) is 7.84. The first kappa shape index (κ1) is 13.5. The minimum absolute atomic E-state index is 0.659. The van der Waals surface area contributed by atoms with Gasteiger partial charge >= 0.3 is 0 Å². The van der Waals surface area contributed by atoms with Gasteiger partial charge in [-0.3, -0.25) is 4.40 Å². The fourth-order valence-corrected chi connectivity index (χ4v) is 3.53. The zero-order valence-electron chi connectivity index (χ0n) is 11.3. The number of benzene rings is 1. The van der Waals surface area contributed by atoms with Gasteiger partial charge < -0.3 is 5.32 Å². The highest BCUT2D eigenvalue weighted by atomic mass is 79.9. The molecule has 108 valence electrons. The van der Waals surface area contributed by atoms with Crippen molar-refractivity contribution in [1.82, 2.24) is 14.4 Å². The van der Waals surface area contributed by atoms with Crippen LogP contribution >= 0.6 is 27.5 Å². The van der Waals surface area contributed by atoms with Crippen LogP contribution in [0.4, 0.5) is 11.6 Å². The van der Waals surface area contributed by atoms with Gasteiger partial charge in [-0.05, 0) is 40.2 Å². The van der Waals surface area contributed by atoms with Crippen molar-refractivity contribution in [3.63, 3.8) is 0 Å². The number of rotatable bonds is 2. The third-order valence-corrected chi connectivity index (χ3v) is 4.57. The Labute approximate surface area is 139 Å². The molecular weight excluding hydrogens is 364 g/mol. The van der Waals surface area contributed by atoms with Crippen molar-refractivity contribution in [3.8, 4) is 0 Å². The number of para-hydroxylation sites is 1. The first-order valence-electron chi connectivity index (χ1n) is 6.67. The molecule has 22 heavy (non-hydrogen) atoms. The van der Waals surface area contributed by atoms with Gasteiger partial charge in [0.25, 0.3) is 0 Å². The molecule has 1 aromatic carbocycles. The largest absolute Gasteiger partial charge is 0.325 e. The van der Waals surface area contributed by atoms with E-state index in [2.05, 4.69) is 31.2 Å². The number of pyridine rings is 1. The Morgan fingerprint density at radius 1 is 1.00 bits per heavy atom. The van der Waals surface area contributed by atoms with Crippen molar-refractivity contribution in [1.29, 1.82) is 0 Å². The summed E-state index contributed by atoms with van der Waals surface area (Å²) in [5, 5.41) is 4.86. The first-order chi connectivity index (χ1) is 10.8. The summed E-state index contributed by atoms with van der Waals surface area (Å²) in [5.74, 6) is 0.689. The molecule has 3 aromatic heterocycles. The number of anilines is 2. The summed E-state index contributed by atoms with van der Waals surface area (Å²) >= 11 is 9.94. The molecule has 0 atom stereocenters. The molecule has 0 spiro atoms. The Balaban J connectivity index is 2.02. The molecule has 0 amide bonds. The Bertz CT molecular complexity index is 982. The van der Waals surface area contributed by atoms with Gasteiger partial charge in [0.2, 0.25) is 5.95 Å². The normalized spacial score (nSPS) is 11.2. The minimum atomic E-state index is 0.659. The highest BCUT2D eigenvalue weighted by Gasteiger charge is 2.16. The molecule has 1 N–H and O–H groups in total. The number of hydrogen-bond acceptors (Lipinski definition) is 3. The second-order valence-electron chi connectivity index (χ2n) is 4.79. The van der Waals surface area contributed by atoms with E-state index >= 15 is 0 Å². The van der Waals surface area contributed by atoms with Gasteiger partial charge in [-0.15, -0.1) is 0 Å². The molecule has 0 aliphatic rings. The number of halogens is 2. The van der Waals surface area contributed by atoms with E-state index in [-0.39, 0.29) is 0 Å². The van der Waals surface area contributed by atoms with Gasteiger partial charge in [-0.25, -0.2) is 9.97 Å². The van der Waals surface area contributed by atoms with E-state index in [0.29, 0.717) is 11.0 Å². The van der Waals surface area contributed by atoms with Crippen LogP contribution in [0.15, 0.2) is 59.3 Å². The molecule has 3 heterocycles. The van der Waals surface area contributed by atoms with Crippen LogP contribution in [0.1, 0.15) is 0 Å². The maximum Gasteiger partial charge on any atom is 0.213 e. The van der Waals surface area contributed by atoms with Gasteiger partial charge in [-0.1, -0.05) is 29.8 Å². The van der Waals surface area contributed by atoms with E-state index in [1.807, 2.05) is 40.8 Å². The Hall–Kier alpha value is -2.11. The van der Waals surface area contributed by atoms with Gasteiger partial charge in [-0.2, -0.15) is 0 Å². The molecule has 4 rings (SSSR count). The maximum atomic E-state index is 6.32. The van der Waals surface area contributed by atoms with Crippen LogP contribution in [-0.4, -0.2) is 14.4 Å². The van der Waals surface area contributed by atoms with Crippen molar-refractivity contribution >= 4 is 55.7 Å². The second kappa shape index (κ2) is 5.26. The zero-order valence-corrected chi connectivity index (χ0v) is 13.6. The molecule has 0 aliphatic carbocycles. The van der Waals surface area contributed by atoms with Crippen LogP contribution < -0.4 is 5.32 Å². The van der Waals surface area contributed by atoms with Crippen LogP contribution in [0.2, 0.25) is 5.02 Å². The Morgan fingerprint density at radius 3 is 2.59 bits per heavy atom. The van der Waals surface area contributed by atoms with E-state index in [1.165, 1.54) is 0 Å². The van der Waals surface area contributed by atoms with E-state index in [4.69, 9.17) is 11.6 Å². The summed E-state index contributed by atoms with van der Waals surface area (Å²) in [4.78, 5) is 8.91. The molecule has 0 aliphatic heterocycles. The van der Waals surface area contributed by atoms with Crippen molar-refractivity contribution in [2.75, 3.05) is 5.32 Å². The number of fused-ring (bicyclic) bond motifs is 3. The predicted octanol–water partition coefficient (Wildman–Crippen LogP) is 5.04. The van der Waals surface area contributed by atoms with Crippen LogP contribution in [-0.2, 0) is 0 Å². The zero-order chi connectivity index (χ0) is 15.1. The summed E-state index contributed by atoms with van der Waals surface area (Å²) in [6, 6.07) is 13.6. The van der Waals surface area contributed by atoms with Crippen LogP contribution in [0.5, 0.6) is 0 Å². The molecule has 0 radical (unpaired) electrons. The standard InChI is InChI=1S/C16H10BrClN4/c17-14-12-7-9-20-16(21-10-4-2-1-3-5-10)22(12)15-13(14)11(18)6-8-19-15/h1-9H,(H,20,21). The number of nitrogens with one attached hydrogen (secondary N) is 1. The molecule has 4 aromatic rings. The lowest BCUT2D eigenvalue weighted by atomic mass is 10.3. The number of hydrogen-bond donors (Lipinski definition) is 1. The molecule has 0 saturated heterocycles. The SMILES string of the molecule is Clc1ccnc2c1c(Br)c1ccnc(Nc3ccccc3)n12.